The van der Waals surface area contributed by atoms with Crippen LogP contribution in [0.5, 0.6) is 0 Å². The van der Waals surface area contributed by atoms with Gasteiger partial charge in [-0.25, -0.2) is 9.97 Å². The van der Waals surface area contributed by atoms with E-state index in [0.717, 1.165) is 0 Å². The van der Waals surface area contributed by atoms with Crippen LogP contribution in [-0.2, 0) is 0 Å². The zero-order chi connectivity index (χ0) is 12.3. The third-order valence-electron chi connectivity index (χ3n) is 3.10. The van der Waals surface area contributed by atoms with Crippen molar-refractivity contribution in [1.29, 1.82) is 0 Å². The quantitative estimate of drug-likeness (QED) is 0.629. The van der Waals surface area contributed by atoms with Crippen LogP contribution in [0, 0.1) is 5.92 Å². The van der Waals surface area contributed by atoms with E-state index in [2.05, 4.69) is 15.3 Å². The molecule has 1 aromatic heterocycles. The van der Waals surface area contributed by atoms with E-state index in [0.29, 0.717) is 30.5 Å². The Morgan fingerprint density at radius 3 is 3.00 bits per heavy atom. The Morgan fingerprint density at radius 2 is 2.35 bits per heavy atom. The van der Waals surface area contributed by atoms with Crippen LogP contribution in [-0.4, -0.2) is 45.2 Å². The molecule has 2 rings (SSSR count). The van der Waals surface area contributed by atoms with Gasteiger partial charge in [0.2, 0.25) is 0 Å². The number of carbonyl (C=O) groups is 1. The van der Waals surface area contributed by atoms with Crippen molar-refractivity contribution >= 4 is 12.1 Å². The maximum atomic E-state index is 10.8. The van der Waals surface area contributed by atoms with Crippen molar-refractivity contribution in [3.63, 3.8) is 0 Å². The lowest BCUT2D eigenvalue weighted by Gasteiger charge is -2.13. The largest absolute Gasteiger partial charge is 0.396 e. The Balaban J connectivity index is 2.04. The van der Waals surface area contributed by atoms with Crippen LogP contribution < -0.4 is 5.32 Å². The standard InChI is InChI=1S/C11H15N3O3/c15-4-7-1-9(2-10(7)17)14-11-8(5-16)3-12-6-13-11/h3,5-7,9-10,15,17H,1-2,4H2,(H,12,13,14)/t7-,9-,10+/m1/s1. The first-order valence-corrected chi connectivity index (χ1v) is 5.55. The fourth-order valence-electron chi connectivity index (χ4n) is 2.16. The van der Waals surface area contributed by atoms with Gasteiger partial charge in [-0.15, -0.1) is 0 Å². The van der Waals surface area contributed by atoms with Gasteiger partial charge < -0.3 is 15.5 Å². The highest BCUT2D eigenvalue weighted by molar-refractivity contribution is 5.81. The Labute approximate surface area is 98.7 Å². The number of hydrogen-bond donors (Lipinski definition) is 3. The summed E-state index contributed by atoms with van der Waals surface area (Å²) >= 11 is 0. The number of anilines is 1. The maximum absolute atomic E-state index is 10.8. The molecule has 1 heterocycles. The molecule has 92 valence electrons. The minimum Gasteiger partial charge on any atom is -0.396 e. The summed E-state index contributed by atoms with van der Waals surface area (Å²) in [6.07, 6.45) is 4.21. The molecule has 0 aromatic carbocycles. The fraction of sp³-hybridized carbons (Fsp3) is 0.545. The lowest BCUT2D eigenvalue weighted by Crippen LogP contribution is -2.18. The van der Waals surface area contributed by atoms with Gasteiger partial charge in [0.15, 0.2) is 6.29 Å². The Hall–Kier alpha value is -1.53. The highest BCUT2D eigenvalue weighted by Crippen LogP contribution is 2.28. The Kier molecular flexibility index (Phi) is 3.65. The predicted octanol–water partition coefficient (Wildman–Crippen LogP) is -0.167. The maximum Gasteiger partial charge on any atom is 0.155 e. The molecule has 0 bridgehead atoms. The summed E-state index contributed by atoms with van der Waals surface area (Å²) < 4.78 is 0. The van der Waals surface area contributed by atoms with Crippen LogP contribution in [0.2, 0.25) is 0 Å². The molecule has 0 aliphatic heterocycles. The van der Waals surface area contributed by atoms with Crippen molar-refractivity contribution in [3.8, 4) is 0 Å². The molecule has 0 spiro atoms. The molecule has 1 fully saturated rings. The van der Waals surface area contributed by atoms with Crippen molar-refractivity contribution in [2.24, 2.45) is 5.92 Å². The molecule has 6 heteroatoms. The Bertz CT molecular complexity index is 399. The van der Waals surface area contributed by atoms with E-state index in [1.807, 2.05) is 0 Å². The number of aromatic nitrogens is 2. The smallest absolute Gasteiger partial charge is 0.155 e. The topological polar surface area (TPSA) is 95.3 Å². The minimum absolute atomic E-state index is 0.0238. The second-order valence-corrected chi connectivity index (χ2v) is 4.27. The van der Waals surface area contributed by atoms with Gasteiger partial charge in [-0.05, 0) is 12.8 Å². The number of aliphatic hydroxyl groups is 2. The number of aldehydes is 1. The molecule has 0 amide bonds. The molecule has 1 aliphatic rings. The summed E-state index contributed by atoms with van der Waals surface area (Å²) in [7, 11) is 0. The van der Waals surface area contributed by atoms with Crippen molar-refractivity contribution < 1.29 is 15.0 Å². The van der Waals surface area contributed by atoms with Gasteiger partial charge in [-0.1, -0.05) is 0 Å². The first-order valence-electron chi connectivity index (χ1n) is 5.55. The van der Waals surface area contributed by atoms with Crippen LogP contribution in [0.4, 0.5) is 5.82 Å². The molecule has 0 unspecified atom stereocenters. The molecule has 17 heavy (non-hydrogen) atoms. The molecular weight excluding hydrogens is 222 g/mol. The molecular formula is C11H15N3O3. The van der Waals surface area contributed by atoms with Gasteiger partial charge in [0, 0.05) is 24.8 Å². The van der Waals surface area contributed by atoms with E-state index >= 15 is 0 Å². The zero-order valence-electron chi connectivity index (χ0n) is 9.28. The van der Waals surface area contributed by atoms with Crippen LogP contribution in [0.25, 0.3) is 0 Å². The van der Waals surface area contributed by atoms with E-state index < -0.39 is 6.10 Å². The van der Waals surface area contributed by atoms with Crippen molar-refractivity contribution in [1.82, 2.24) is 9.97 Å². The second-order valence-electron chi connectivity index (χ2n) is 4.27. The third-order valence-corrected chi connectivity index (χ3v) is 3.10. The van der Waals surface area contributed by atoms with Gasteiger partial charge >= 0.3 is 0 Å². The van der Waals surface area contributed by atoms with Gasteiger partial charge in [0.1, 0.15) is 12.1 Å². The SMILES string of the molecule is O=Cc1cncnc1N[C@@H]1C[C@H](CO)[C@@H](O)C1. The Morgan fingerprint density at radius 1 is 1.53 bits per heavy atom. The van der Waals surface area contributed by atoms with Crippen LogP contribution in [0.3, 0.4) is 0 Å². The lowest BCUT2D eigenvalue weighted by atomic mass is 10.1. The van der Waals surface area contributed by atoms with E-state index in [9.17, 15) is 9.90 Å². The van der Waals surface area contributed by atoms with E-state index in [-0.39, 0.29) is 18.6 Å². The molecule has 3 atom stereocenters. The summed E-state index contributed by atoms with van der Waals surface area (Å²) in [4.78, 5) is 18.5. The molecule has 1 saturated carbocycles. The van der Waals surface area contributed by atoms with Crippen molar-refractivity contribution in [2.75, 3.05) is 11.9 Å². The van der Waals surface area contributed by atoms with E-state index in [4.69, 9.17) is 5.11 Å². The molecule has 1 aromatic rings. The third kappa shape index (κ3) is 2.59. The molecule has 0 saturated heterocycles. The number of nitrogens with one attached hydrogen (secondary N) is 1. The average molecular weight is 237 g/mol. The summed E-state index contributed by atoms with van der Waals surface area (Å²) in [6, 6.07) is 0.0238. The van der Waals surface area contributed by atoms with Gasteiger partial charge in [-0.2, -0.15) is 0 Å². The van der Waals surface area contributed by atoms with Crippen molar-refractivity contribution in [3.05, 3.63) is 18.1 Å². The zero-order valence-corrected chi connectivity index (χ0v) is 9.28. The summed E-state index contributed by atoms with van der Waals surface area (Å²) in [5.74, 6) is 0.375. The van der Waals surface area contributed by atoms with Crippen molar-refractivity contribution in [2.45, 2.75) is 25.0 Å². The predicted molar refractivity (Wildman–Crippen MR) is 60.6 cm³/mol. The number of hydrogen-bond acceptors (Lipinski definition) is 6. The summed E-state index contributed by atoms with van der Waals surface area (Å²) in [6.45, 7) is -0.0241. The lowest BCUT2D eigenvalue weighted by molar-refractivity contribution is 0.0908. The monoisotopic (exact) mass is 237 g/mol. The number of rotatable bonds is 4. The van der Waals surface area contributed by atoms with E-state index in [1.54, 1.807) is 0 Å². The summed E-state index contributed by atoms with van der Waals surface area (Å²) in [5, 5.41) is 21.8. The van der Waals surface area contributed by atoms with Crippen LogP contribution in [0.15, 0.2) is 12.5 Å². The van der Waals surface area contributed by atoms with Gasteiger partial charge in [0.25, 0.3) is 0 Å². The molecule has 1 aliphatic carbocycles. The number of aliphatic hydroxyl groups excluding tert-OH is 2. The highest BCUT2D eigenvalue weighted by atomic mass is 16.3. The highest BCUT2D eigenvalue weighted by Gasteiger charge is 2.32. The first kappa shape index (κ1) is 11.9. The average Bonchev–Trinajstić information content (AvgIpc) is 2.70. The van der Waals surface area contributed by atoms with Gasteiger partial charge in [0.05, 0.1) is 11.7 Å². The van der Waals surface area contributed by atoms with Crippen LogP contribution >= 0.6 is 0 Å². The molecule has 6 nitrogen and oxygen atoms in total. The first-order chi connectivity index (χ1) is 8.24. The van der Waals surface area contributed by atoms with Crippen LogP contribution in [0.1, 0.15) is 23.2 Å². The van der Waals surface area contributed by atoms with E-state index in [1.165, 1.54) is 12.5 Å². The normalized spacial score (nSPS) is 28.0. The minimum atomic E-state index is -0.501. The fourth-order valence-corrected chi connectivity index (χ4v) is 2.16. The number of nitrogens with zero attached hydrogens (tertiary/aromatic N) is 2. The molecule has 3 N–H and O–H groups in total. The summed E-state index contributed by atoms with van der Waals surface area (Å²) in [5.41, 5.74) is 0.398. The number of carbonyl (C=O) groups excluding carboxylic acids is 1. The second kappa shape index (κ2) is 5.20. The molecule has 0 radical (unpaired) electrons. The van der Waals surface area contributed by atoms with Gasteiger partial charge in [-0.3, -0.25) is 4.79 Å².